The zero-order chi connectivity index (χ0) is 11.6. The van der Waals surface area contributed by atoms with E-state index >= 15 is 0 Å². The van der Waals surface area contributed by atoms with Gasteiger partial charge in [-0.3, -0.25) is 0 Å². The van der Waals surface area contributed by atoms with E-state index in [1.54, 1.807) is 12.1 Å². The fourth-order valence-corrected chi connectivity index (χ4v) is 3.73. The third-order valence-corrected chi connectivity index (χ3v) is 4.93. The van der Waals surface area contributed by atoms with Crippen LogP contribution in [0.2, 0.25) is 5.02 Å². The highest BCUT2D eigenvalue weighted by molar-refractivity contribution is 8.00. The maximum absolute atomic E-state index is 13.6. The molecule has 1 saturated heterocycles. The average molecular weight is 260 g/mol. The number of hydrogen-bond acceptors (Lipinski definition) is 2. The minimum atomic E-state index is -0.176. The number of hydrogen-bond donors (Lipinski definition) is 1. The first-order valence-corrected chi connectivity index (χ1v) is 6.79. The van der Waals surface area contributed by atoms with Crippen LogP contribution in [0, 0.1) is 5.82 Å². The van der Waals surface area contributed by atoms with Crippen LogP contribution in [0.1, 0.15) is 18.4 Å². The third kappa shape index (κ3) is 2.53. The van der Waals surface area contributed by atoms with Crippen LogP contribution in [0.5, 0.6) is 0 Å². The van der Waals surface area contributed by atoms with Crippen LogP contribution >= 0.6 is 23.4 Å². The standard InChI is InChI=1S/C12H15ClFNS/c13-10-2-3-11(14)9(6-10)7-12(8-15)4-1-5-16-12/h2-3,6H,1,4-5,7-8,15H2. The second-order valence-corrected chi connectivity index (χ2v) is 6.25. The van der Waals surface area contributed by atoms with Crippen molar-refractivity contribution in [3.63, 3.8) is 0 Å². The Morgan fingerprint density at radius 3 is 2.94 bits per heavy atom. The fraction of sp³-hybridized carbons (Fsp3) is 0.500. The van der Waals surface area contributed by atoms with E-state index in [9.17, 15) is 4.39 Å². The summed E-state index contributed by atoms with van der Waals surface area (Å²) >= 11 is 7.75. The summed E-state index contributed by atoms with van der Waals surface area (Å²) in [6.07, 6.45) is 2.92. The van der Waals surface area contributed by atoms with Gasteiger partial charge in [-0.2, -0.15) is 11.8 Å². The highest BCUT2D eigenvalue weighted by Gasteiger charge is 2.34. The quantitative estimate of drug-likeness (QED) is 0.902. The molecule has 0 amide bonds. The molecule has 1 aromatic rings. The zero-order valence-electron chi connectivity index (χ0n) is 9.01. The Morgan fingerprint density at radius 1 is 1.50 bits per heavy atom. The average Bonchev–Trinajstić information content (AvgIpc) is 2.73. The Hall–Kier alpha value is -0.250. The molecule has 1 fully saturated rings. The molecule has 2 N–H and O–H groups in total. The van der Waals surface area contributed by atoms with Crippen molar-refractivity contribution in [3.8, 4) is 0 Å². The van der Waals surface area contributed by atoms with Crippen molar-refractivity contribution in [2.24, 2.45) is 5.73 Å². The minimum Gasteiger partial charge on any atom is -0.329 e. The topological polar surface area (TPSA) is 26.0 Å². The molecule has 0 radical (unpaired) electrons. The number of rotatable bonds is 3. The van der Waals surface area contributed by atoms with Crippen LogP contribution in [-0.4, -0.2) is 17.0 Å². The summed E-state index contributed by atoms with van der Waals surface area (Å²) in [5.74, 6) is 0.948. The van der Waals surface area contributed by atoms with E-state index < -0.39 is 0 Å². The van der Waals surface area contributed by atoms with Crippen molar-refractivity contribution >= 4 is 23.4 Å². The first kappa shape index (κ1) is 12.2. The third-order valence-electron chi connectivity index (χ3n) is 3.08. The molecule has 0 bridgehead atoms. The van der Waals surface area contributed by atoms with Crippen molar-refractivity contribution in [2.75, 3.05) is 12.3 Å². The minimum absolute atomic E-state index is 0.0194. The molecule has 1 nitrogen and oxygen atoms in total. The predicted octanol–water partition coefficient (Wildman–Crippen LogP) is 3.25. The van der Waals surface area contributed by atoms with Gasteiger partial charge in [-0.15, -0.1) is 0 Å². The maximum atomic E-state index is 13.6. The Morgan fingerprint density at radius 2 is 2.31 bits per heavy atom. The molecule has 2 rings (SSSR count). The molecule has 1 aliphatic heterocycles. The number of thioether (sulfide) groups is 1. The van der Waals surface area contributed by atoms with E-state index in [0.29, 0.717) is 23.6 Å². The van der Waals surface area contributed by atoms with Gasteiger partial charge in [-0.05, 0) is 48.8 Å². The van der Waals surface area contributed by atoms with Gasteiger partial charge in [-0.25, -0.2) is 4.39 Å². The molecule has 1 aliphatic rings. The SMILES string of the molecule is NCC1(Cc2cc(Cl)ccc2F)CCCS1. The fourth-order valence-electron chi connectivity index (χ4n) is 2.15. The molecule has 4 heteroatoms. The lowest BCUT2D eigenvalue weighted by molar-refractivity contribution is 0.538. The van der Waals surface area contributed by atoms with Gasteiger partial charge in [0.25, 0.3) is 0 Å². The number of nitrogens with two attached hydrogens (primary N) is 1. The largest absolute Gasteiger partial charge is 0.329 e. The van der Waals surface area contributed by atoms with Crippen LogP contribution in [0.4, 0.5) is 4.39 Å². The Kier molecular flexibility index (Phi) is 3.77. The van der Waals surface area contributed by atoms with Gasteiger partial charge >= 0.3 is 0 Å². The molecular weight excluding hydrogens is 245 g/mol. The number of halogens is 2. The maximum Gasteiger partial charge on any atom is 0.126 e. The van der Waals surface area contributed by atoms with Gasteiger partial charge in [0.05, 0.1) is 0 Å². The van der Waals surface area contributed by atoms with Gasteiger partial charge in [-0.1, -0.05) is 11.6 Å². The molecule has 0 aliphatic carbocycles. The van der Waals surface area contributed by atoms with Crippen LogP contribution in [0.3, 0.4) is 0 Å². The molecule has 0 aromatic heterocycles. The van der Waals surface area contributed by atoms with Crippen molar-refractivity contribution < 1.29 is 4.39 Å². The van der Waals surface area contributed by atoms with E-state index in [2.05, 4.69) is 0 Å². The smallest absolute Gasteiger partial charge is 0.126 e. The first-order chi connectivity index (χ1) is 7.65. The Bertz CT molecular complexity index is 377. The predicted molar refractivity (Wildman–Crippen MR) is 68.6 cm³/mol. The summed E-state index contributed by atoms with van der Waals surface area (Å²) in [5.41, 5.74) is 6.52. The molecule has 1 aromatic carbocycles. The number of benzene rings is 1. The second kappa shape index (κ2) is 4.94. The van der Waals surface area contributed by atoms with Crippen molar-refractivity contribution in [3.05, 3.63) is 34.6 Å². The monoisotopic (exact) mass is 259 g/mol. The van der Waals surface area contributed by atoms with Crippen LogP contribution < -0.4 is 5.73 Å². The summed E-state index contributed by atoms with van der Waals surface area (Å²) in [5, 5.41) is 0.589. The lowest BCUT2D eigenvalue weighted by Gasteiger charge is -2.26. The molecule has 88 valence electrons. The van der Waals surface area contributed by atoms with E-state index in [1.807, 2.05) is 11.8 Å². The van der Waals surface area contributed by atoms with E-state index in [0.717, 1.165) is 12.2 Å². The molecule has 0 saturated carbocycles. The normalized spacial score (nSPS) is 24.9. The molecule has 1 atom stereocenters. The molecule has 0 spiro atoms. The lowest BCUT2D eigenvalue weighted by Crippen LogP contribution is -2.34. The summed E-state index contributed by atoms with van der Waals surface area (Å²) in [6.45, 7) is 0.601. The van der Waals surface area contributed by atoms with Gasteiger partial charge < -0.3 is 5.73 Å². The van der Waals surface area contributed by atoms with Crippen LogP contribution in [-0.2, 0) is 6.42 Å². The van der Waals surface area contributed by atoms with Gasteiger partial charge in [0.15, 0.2) is 0 Å². The van der Waals surface area contributed by atoms with Crippen molar-refractivity contribution in [1.82, 2.24) is 0 Å². The molecular formula is C12H15ClFNS. The Balaban J connectivity index is 2.21. The second-order valence-electron chi connectivity index (χ2n) is 4.25. The Labute approximate surface area is 105 Å². The molecule has 1 heterocycles. The summed E-state index contributed by atoms with van der Waals surface area (Å²) in [4.78, 5) is 0. The molecule has 1 unspecified atom stereocenters. The van der Waals surface area contributed by atoms with Gasteiger partial charge in [0.1, 0.15) is 5.82 Å². The van der Waals surface area contributed by atoms with E-state index in [1.165, 1.54) is 12.5 Å². The summed E-state index contributed by atoms with van der Waals surface area (Å²) in [7, 11) is 0. The van der Waals surface area contributed by atoms with Crippen LogP contribution in [0.25, 0.3) is 0 Å². The lowest BCUT2D eigenvalue weighted by atomic mass is 9.94. The highest BCUT2D eigenvalue weighted by Crippen LogP contribution is 2.40. The first-order valence-electron chi connectivity index (χ1n) is 5.43. The van der Waals surface area contributed by atoms with E-state index in [4.69, 9.17) is 17.3 Å². The van der Waals surface area contributed by atoms with Gasteiger partial charge in [0.2, 0.25) is 0 Å². The van der Waals surface area contributed by atoms with E-state index in [-0.39, 0.29) is 10.6 Å². The highest BCUT2D eigenvalue weighted by atomic mass is 35.5. The summed E-state index contributed by atoms with van der Waals surface area (Å²) < 4.78 is 13.6. The molecule has 16 heavy (non-hydrogen) atoms. The van der Waals surface area contributed by atoms with Gasteiger partial charge in [0, 0.05) is 16.3 Å². The van der Waals surface area contributed by atoms with Crippen molar-refractivity contribution in [2.45, 2.75) is 24.0 Å². The summed E-state index contributed by atoms with van der Waals surface area (Å²) in [6, 6.07) is 4.73. The van der Waals surface area contributed by atoms with Crippen molar-refractivity contribution in [1.29, 1.82) is 0 Å². The zero-order valence-corrected chi connectivity index (χ0v) is 10.6. The van der Waals surface area contributed by atoms with Crippen LogP contribution in [0.15, 0.2) is 18.2 Å².